The van der Waals surface area contributed by atoms with Crippen LogP contribution in [0.25, 0.3) is 0 Å². The largest absolute Gasteiger partial charge is 0.507 e. The molecule has 0 saturated carbocycles. The first-order chi connectivity index (χ1) is 11.2. The Morgan fingerprint density at radius 1 is 1.35 bits per heavy atom. The molecule has 0 atom stereocenters. The van der Waals surface area contributed by atoms with E-state index in [0.29, 0.717) is 29.8 Å². The fourth-order valence-corrected chi connectivity index (χ4v) is 2.64. The molecule has 3 N–H and O–H groups in total. The standard InChI is InChI=1S/C16H16N4O3/c21-14-11-6-1-2-7-12(11)19-15(22)13(14)16(23)20-18-9-10-5-3-4-8-17-10/h3-5,8-9H,1-2,6-7H2,(H,20,23)(H2,19,21,22). The van der Waals surface area contributed by atoms with E-state index in [9.17, 15) is 14.7 Å². The molecule has 0 spiro atoms. The molecule has 2 heterocycles. The van der Waals surface area contributed by atoms with Crippen molar-refractivity contribution in [1.29, 1.82) is 0 Å². The van der Waals surface area contributed by atoms with E-state index < -0.39 is 11.5 Å². The van der Waals surface area contributed by atoms with Gasteiger partial charge in [-0.2, -0.15) is 5.10 Å². The van der Waals surface area contributed by atoms with E-state index in [0.717, 1.165) is 12.8 Å². The second-order valence-electron chi connectivity index (χ2n) is 5.30. The first-order valence-corrected chi connectivity index (χ1v) is 7.38. The molecule has 0 aromatic carbocycles. The van der Waals surface area contributed by atoms with Crippen LogP contribution in [0, 0.1) is 0 Å². The van der Waals surface area contributed by atoms with E-state index in [1.165, 1.54) is 6.21 Å². The molecule has 7 nitrogen and oxygen atoms in total. The molecule has 1 amide bonds. The SMILES string of the molecule is O=C(NN=Cc1ccccn1)c1c(O)c2c([nH]c1=O)CCCC2. The van der Waals surface area contributed by atoms with Crippen LogP contribution < -0.4 is 11.0 Å². The zero-order valence-corrected chi connectivity index (χ0v) is 12.4. The minimum absolute atomic E-state index is 0.242. The summed E-state index contributed by atoms with van der Waals surface area (Å²) in [6.07, 6.45) is 6.20. The highest BCUT2D eigenvalue weighted by Crippen LogP contribution is 2.28. The Kier molecular flexibility index (Phi) is 4.18. The summed E-state index contributed by atoms with van der Waals surface area (Å²) >= 11 is 0. The number of H-pyrrole nitrogens is 1. The predicted molar refractivity (Wildman–Crippen MR) is 84.7 cm³/mol. The number of carbonyl (C=O) groups is 1. The van der Waals surface area contributed by atoms with Crippen LogP contribution in [0.5, 0.6) is 5.75 Å². The fourth-order valence-electron chi connectivity index (χ4n) is 2.64. The van der Waals surface area contributed by atoms with Crippen molar-refractivity contribution in [2.45, 2.75) is 25.7 Å². The highest BCUT2D eigenvalue weighted by atomic mass is 16.3. The minimum Gasteiger partial charge on any atom is -0.507 e. The summed E-state index contributed by atoms with van der Waals surface area (Å²) in [5.41, 5.74) is 3.27. The number of aromatic amines is 1. The number of fused-ring (bicyclic) bond motifs is 1. The Hall–Kier alpha value is -2.96. The first-order valence-electron chi connectivity index (χ1n) is 7.38. The molecule has 23 heavy (non-hydrogen) atoms. The van der Waals surface area contributed by atoms with Gasteiger partial charge in [-0.15, -0.1) is 0 Å². The van der Waals surface area contributed by atoms with Crippen LogP contribution in [0.1, 0.15) is 40.2 Å². The van der Waals surface area contributed by atoms with Crippen molar-refractivity contribution in [3.05, 3.63) is 57.3 Å². The molecule has 1 aliphatic carbocycles. The number of hydrogen-bond acceptors (Lipinski definition) is 5. The lowest BCUT2D eigenvalue weighted by Gasteiger charge is -2.17. The molecule has 0 aliphatic heterocycles. The number of aromatic nitrogens is 2. The number of aromatic hydroxyl groups is 1. The predicted octanol–water partition coefficient (Wildman–Crippen LogP) is 1.12. The quantitative estimate of drug-likeness (QED) is 0.583. The second kappa shape index (κ2) is 6.43. The van der Waals surface area contributed by atoms with Gasteiger partial charge in [0.15, 0.2) is 0 Å². The highest BCUT2D eigenvalue weighted by Gasteiger charge is 2.23. The number of pyridine rings is 2. The van der Waals surface area contributed by atoms with E-state index in [4.69, 9.17) is 0 Å². The van der Waals surface area contributed by atoms with E-state index in [1.54, 1.807) is 24.4 Å². The molecular weight excluding hydrogens is 296 g/mol. The van der Waals surface area contributed by atoms with Crippen molar-refractivity contribution in [2.75, 3.05) is 0 Å². The Morgan fingerprint density at radius 3 is 2.96 bits per heavy atom. The number of amides is 1. The van der Waals surface area contributed by atoms with Gasteiger partial charge in [0, 0.05) is 17.5 Å². The maximum absolute atomic E-state index is 12.1. The van der Waals surface area contributed by atoms with Gasteiger partial charge in [-0.1, -0.05) is 6.07 Å². The molecule has 3 rings (SSSR count). The molecule has 0 bridgehead atoms. The van der Waals surface area contributed by atoms with Crippen molar-refractivity contribution >= 4 is 12.1 Å². The van der Waals surface area contributed by atoms with Crippen LogP contribution >= 0.6 is 0 Å². The molecule has 2 aromatic rings. The fraction of sp³-hybridized carbons (Fsp3) is 0.250. The Morgan fingerprint density at radius 2 is 2.17 bits per heavy atom. The number of nitrogens with zero attached hydrogens (tertiary/aromatic N) is 2. The minimum atomic E-state index is -0.746. The Bertz CT molecular complexity index is 812. The average molecular weight is 312 g/mol. The summed E-state index contributed by atoms with van der Waals surface area (Å²) < 4.78 is 0. The number of hydrogen-bond donors (Lipinski definition) is 3. The Balaban J connectivity index is 1.82. The average Bonchev–Trinajstić information content (AvgIpc) is 2.56. The molecule has 0 fully saturated rings. The molecule has 118 valence electrons. The second-order valence-corrected chi connectivity index (χ2v) is 5.30. The zero-order valence-electron chi connectivity index (χ0n) is 12.4. The smallest absolute Gasteiger partial charge is 0.280 e. The third-order valence-electron chi connectivity index (χ3n) is 3.76. The van der Waals surface area contributed by atoms with Crippen LogP contribution in [0.4, 0.5) is 0 Å². The van der Waals surface area contributed by atoms with Crippen molar-refractivity contribution in [2.24, 2.45) is 5.10 Å². The third kappa shape index (κ3) is 3.13. The van der Waals surface area contributed by atoms with Gasteiger partial charge in [-0.25, -0.2) is 5.43 Å². The van der Waals surface area contributed by atoms with Gasteiger partial charge >= 0.3 is 0 Å². The van der Waals surface area contributed by atoms with Gasteiger partial charge in [-0.3, -0.25) is 14.6 Å². The van der Waals surface area contributed by atoms with Crippen molar-refractivity contribution in [1.82, 2.24) is 15.4 Å². The van der Waals surface area contributed by atoms with E-state index in [1.807, 2.05) is 0 Å². The van der Waals surface area contributed by atoms with Gasteiger partial charge in [-0.05, 0) is 37.8 Å². The number of aryl methyl sites for hydroxylation is 1. The van der Waals surface area contributed by atoms with E-state index in [-0.39, 0.29) is 11.3 Å². The number of carbonyl (C=O) groups excluding carboxylic acids is 1. The molecular formula is C16H16N4O3. The normalized spacial score (nSPS) is 13.7. The lowest BCUT2D eigenvalue weighted by molar-refractivity contribution is 0.0950. The summed E-state index contributed by atoms with van der Waals surface area (Å²) in [4.78, 5) is 30.9. The topological polar surface area (TPSA) is 107 Å². The lowest BCUT2D eigenvalue weighted by Crippen LogP contribution is -2.29. The molecule has 1 aliphatic rings. The third-order valence-corrected chi connectivity index (χ3v) is 3.76. The molecule has 0 unspecified atom stereocenters. The van der Waals surface area contributed by atoms with Crippen molar-refractivity contribution in [3.8, 4) is 5.75 Å². The molecule has 7 heteroatoms. The van der Waals surface area contributed by atoms with Crippen molar-refractivity contribution < 1.29 is 9.90 Å². The van der Waals surface area contributed by atoms with Crippen LogP contribution in [-0.4, -0.2) is 27.2 Å². The molecule has 0 saturated heterocycles. The van der Waals surface area contributed by atoms with E-state index >= 15 is 0 Å². The monoisotopic (exact) mass is 312 g/mol. The van der Waals surface area contributed by atoms with Gasteiger partial charge in [0.2, 0.25) is 0 Å². The maximum atomic E-state index is 12.1. The van der Waals surface area contributed by atoms with Gasteiger partial charge < -0.3 is 10.1 Å². The number of rotatable bonds is 3. The Labute approximate surface area is 132 Å². The first kappa shape index (κ1) is 15.0. The van der Waals surface area contributed by atoms with Crippen LogP contribution in [-0.2, 0) is 12.8 Å². The highest BCUT2D eigenvalue weighted by molar-refractivity contribution is 5.97. The van der Waals surface area contributed by atoms with Crippen LogP contribution in [0.3, 0.4) is 0 Å². The van der Waals surface area contributed by atoms with Crippen molar-refractivity contribution in [3.63, 3.8) is 0 Å². The lowest BCUT2D eigenvalue weighted by atomic mass is 9.94. The van der Waals surface area contributed by atoms with Gasteiger partial charge in [0.05, 0.1) is 11.9 Å². The van der Waals surface area contributed by atoms with Crippen LogP contribution in [0.15, 0.2) is 34.3 Å². The van der Waals surface area contributed by atoms with E-state index in [2.05, 4.69) is 20.5 Å². The van der Waals surface area contributed by atoms with Crippen LogP contribution in [0.2, 0.25) is 0 Å². The molecule has 2 aromatic heterocycles. The number of hydrazone groups is 1. The molecule has 0 radical (unpaired) electrons. The van der Waals surface area contributed by atoms with Gasteiger partial charge in [0.1, 0.15) is 11.3 Å². The number of nitrogens with one attached hydrogen (secondary N) is 2. The summed E-state index contributed by atoms with van der Waals surface area (Å²) in [6, 6.07) is 5.27. The summed E-state index contributed by atoms with van der Waals surface area (Å²) in [5, 5.41) is 14.0. The summed E-state index contributed by atoms with van der Waals surface area (Å²) in [7, 11) is 0. The zero-order chi connectivity index (χ0) is 16.2. The summed E-state index contributed by atoms with van der Waals surface area (Å²) in [6.45, 7) is 0. The summed E-state index contributed by atoms with van der Waals surface area (Å²) in [5.74, 6) is -0.988. The van der Waals surface area contributed by atoms with Gasteiger partial charge in [0.25, 0.3) is 11.5 Å². The maximum Gasteiger partial charge on any atom is 0.280 e.